The van der Waals surface area contributed by atoms with E-state index in [9.17, 15) is 4.79 Å². The highest BCUT2D eigenvalue weighted by atomic mass is 16.2. The van der Waals surface area contributed by atoms with Gasteiger partial charge in [0.2, 0.25) is 5.91 Å². The minimum absolute atomic E-state index is 0.0455. The Balaban J connectivity index is 2.82. The fraction of sp³-hybridized carbons (Fsp3) is 0.615. The first-order chi connectivity index (χ1) is 8.88. The van der Waals surface area contributed by atoms with Gasteiger partial charge in [0.1, 0.15) is 6.54 Å². The van der Waals surface area contributed by atoms with Crippen molar-refractivity contribution in [2.75, 3.05) is 12.3 Å². The third-order valence-electron chi connectivity index (χ3n) is 3.13. The normalized spacial score (nSPS) is 10.5. The summed E-state index contributed by atoms with van der Waals surface area (Å²) in [6.45, 7) is 8.14. The molecule has 0 aliphatic rings. The molecule has 1 heterocycles. The molecule has 1 aromatic rings. The molecule has 19 heavy (non-hydrogen) atoms. The maximum atomic E-state index is 12.2. The van der Waals surface area contributed by atoms with Crippen LogP contribution in [0.5, 0.6) is 0 Å². The second kappa shape index (κ2) is 6.23. The first kappa shape index (κ1) is 15.0. The molecule has 0 saturated carbocycles. The Hall–Kier alpha value is -2.03. The highest BCUT2D eigenvalue weighted by Gasteiger charge is 2.19. The number of carbonyl (C=O) groups is 1. The van der Waals surface area contributed by atoms with E-state index in [2.05, 4.69) is 11.2 Å². The number of nitrogen functional groups attached to an aromatic ring is 1. The molecular weight excluding hydrogens is 242 g/mol. The lowest BCUT2D eigenvalue weighted by atomic mass is 10.2. The zero-order valence-corrected chi connectivity index (χ0v) is 12.0. The molecule has 0 unspecified atom stereocenters. The highest BCUT2D eigenvalue weighted by molar-refractivity contribution is 5.76. The van der Waals surface area contributed by atoms with Crippen molar-refractivity contribution in [2.24, 2.45) is 0 Å². The van der Waals surface area contributed by atoms with E-state index >= 15 is 0 Å². The maximum absolute atomic E-state index is 12.2. The Kier molecular flexibility index (Phi) is 4.93. The van der Waals surface area contributed by atoms with E-state index in [0.29, 0.717) is 18.7 Å². The largest absolute Gasteiger partial charge is 0.396 e. The van der Waals surface area contributed by atoms with Crippen LogP contribution in [0.2, 0.25) is 0 Å². The second-order valence-electron chi connectivity index (χ2n) is 4.83. The number of hydrogen-bond donors (Lipinski definition) is 1. The lowest BCUT2D eigenvalue weighted by Crippen LogP contribution is -2.40. The van der Waals surface area contributed by atoms with Crippen molar-refractivity contribution in [2.45, 2.75) is 46.7 Å². The van der Waals surface area contributed by atoms with E-state index in [1.54, 1.807) is 9.58 Å². The molecule has 2 N–H and O–H groups in total. The summed E-state index contributed by atoms with van der Waals surface area (Å²) in [5.41, 5.74) is 8.00. The smallest absolute Gasteiger partial charge is 0.244 e. The average Bonchev–Trinajstić information content (AvgIpc) is 2.57. The van der Waals surface area contributed by atoms with Crippen LogP contribution in [0.15, 0.2) is 0 Å². The number of amides is 1. The Labute approximate surface area is 113 Å². The molecule has 6 heteroatoms. The predicted molar refractivity (Wildman–Crippen MR) is 73.2 cm³/mol. The Morgan fingerprint density at radius 1 is 1.53 bits per heavy atom. The van der Waals surface area contributed by atoms with E-state index in [0.717, 1.165) is 11.4 Å². The second-order valence-corrected chi connectivity index (χ2v) is 4.83. The number of aryl methyl sites for hydroxylation is 1. The number of carbonyl (C=O) groups excluding carboxylic acids is 1. The fourth-order valence-electron chi connectivity index (χ4n) is 1.92. The summed E-state index contributed by atoms with van der Waals surface area (Å²) in [7, 11) is 0. The van der Waals surface area contributed by atoms with E-state index < -0.39 is 0 Å². The highest BCUT2D eigenvalue weighted by Crippen LogP contribution is 2.15. The van der Waals surface area contributed by atoms with Gasteiger partial charge in [0, 0.05) is 12.6 Å². The van der Waals surface area contributed by atoms with Gasteiger partial charge in [-0.1, -0.05) is 0 Å². The number of hydrogen-bond acceptors (Lipinski definition) is 4. The lowest BCUT2D eigenvalue weighted by Gasteiger charge is -2.26. The van der Waals surface area contributed by atoms with Gasteiger partial charge in [0.15, 0.2) is 0 Å². The van der Waals surface area contributed by atoms with Crippen LogP contribution in [0.1, 0.15) is 31.7 Å². The van der Waals surface area contributed by atoms with Crippen molar-refractivity contribution < 1.29 is 4.79 Å². The van der Waals surface area contributed by atoms with Gasteiger partial charge in [0.25, 0.3) is 0 Å². The first-order valence-corrected chi connectivity index (χ1v) is 6.34. The van der Waals surface area contributed by atoms with Gasteiger partial charge in [-0.05, 0) is 27.7 Å². The molecule has 0 aromatic carbocycles. The summed E-state index contributed by atoms with van der Waals surface area (Å²) in [5.74, 6) is -0.0455. The van der Waals surface area contributed by atoms with E-state index in [1.807, 2.05) is 27.7 Å². The van der Waals surface area contributed by atoms with Gasteiger partial charge >= 0.3 is 0 Å². The van der Waals surface area contributed by atoms with Crippen LogP contribution >= 0.6 is 0 Å². The molecule has 0 saturated heterocycles. The molecule has 6 nitrogen and oxygen atoms in total. The molecule has 0 bridgehead atoms. The van der Waals surface area contributed by atoms with Crippen LogP contribution in [-0.4, -0.2) is 33.2 Å². The molecule has 0 radical (unpaired) electrons. The molecule has 0 aliphatic heterocycles. The van der Waals surface area contributed by atoms with Crippen molar-refractivity contribution in [3.63, 3.8) is 0 Å². The molecule has 1 aromatic heterocycles. The van der Waals surface area contributed by atoms with Crippen molar-refractivity contribution in [3.05, 3.63) is 11.4 Å². The molecule has 104 valence electrons. The third-order valence-corrected chi connectivity index (χ3v) is 3.13. The number of nitrogens with two attached hydrogens (primary N) is 1. The maximum Gasteiger partial charge on any atom is 0.244 e. The minimum Gasteiger partial charge on any atom is -0.396 e. The van der Waals surface area contributed by atoms with Gasteiger partial charge in [-0.2, -0.15) is 10.4 Å². The minimum atomic E-state index is -0.0455. The zero-order valence-electron chi connectivity index (χ0n) is 12.0. The lowest BCUT2D eigenvalue weighted by molar-refractivity contribution is -0.133. The van der Waals surface area contributed by atoms with Crippen molar-refractivity contribution in [1.29, 1.82) is 5.26 Å². The summed E-state index contributed by atoms with van der Waals surface area (Å²) in [6, 6.07) is 2.13. The SMILES string of the molecule is Cc1nn(CC(=O)N(CCC#N)C(C)C)c(C)c1N. The van der Waals surface area contributed by atoms with Crippen LogP contribution in [0.3, 0.4) is 0 Å². The van der Waals surface area contributed by atoms with Gasteiger partial charge in [-0.15, -0.1) is 0 Å². The molecule has 0 aliphatic carbocycles. The van der Waals surface area contributed by atoms with Crippen molar-refractivity contribution in [1.82, 2.24) is 14.7 Å². The third kappa shape index (κ3) is 3.47. The van der Waals surface area contributed by atoms with Crippen LogP contribution in [0, 0.1) is 25.2 Å². The summed E-state index contributed by atoms with van der Waals surface area (Å²) < 4.78 is 1.62. The fourth-order valence-corrected chi connectivity index (χ4v) is 1.92. The summed E-state index contributed by atoms with van der Waals surface area (Å²) >= 11 is 0. The van der Waals surface area contributed by atoms with Crippen LogP contribution in [-0.2, 0) is 11.3 Å². The number of nitriles is 1. The van der Waals surface area contributed by atoms with Gasteiger partial charge in [0.05, 0.1) is 29.6 Å². The van der Waals surface area contributed by atoms with E-state index in [-0.39, 0.29) is 18.5 Å². The topological polar surface area (TPSA) is 87.9 Å². The number of nitrogens with zero attached hydrogens (tertiary/aromatic N) is 4. The average molecular weight is 263 g/mol. The monoisotopic (exact) mass is 263 g/mol. The Bertz CT molecular complexity index is 498. The standard InChI is InChI=1S/C13H21N5O/c1-9(2)17(7-5-6-14)12(19)8-18-11(4)13(15)10(3)16-18/h9H,5,7-8,15H2,1-4H3. The summed E-state index contributed by atoms with van der Waals surface area (Å²) in [6.07, 6.45) is 0.336. The van der Waals surface area contributed by atoms with E-state index in [4.69, 9.17) is 11.0 Å². The first-order valence-electron chi connectivity index (χ1n) is 6.34. The van der Waals surface area contributed by atoms with Crippen LogP contribution in [0.25, 0.3) is 0 Å². The molecule has 1 amide bonds. The van der Waals surface area contributed by atoms with Crippen LogP contribution in [0.4, 0.5) is 5.69 Å². The molecular formula is C13H21N5O. The Morgan fingerprint density at radius 3 is 2.58 bits per heavy atom. The predicted octanol–water partition coefficient (Wildman–Crippen LogP) is 1.23. The summed E-state index contributed by atoms with van der Waals surface area (Å²) in [4.78, 5) is 13.9. The van der Waals surface area contributed by atoms with E-state index in [1.165, 1.54) is 0 Å². The number of rotatable bonds is 5. The molecule has 0 spiro atoms. The molecule has 1 rings (SSSR count). The molecule has 0 atom stereocenters. The van der Waals surface area contributed by atoms with Crippen molar-refractivity contribution >= 4 is 11.6 Å². The number of aromatic nitrogens is 2. The Morgan fingerprint density at radius 2 is 2.16 bits per heavy atom. The molecule has 0 fully saturated rings. The van der Waals surface area contributed by atoms with Gasteiger partial charge in [-0.25, -0.2) is 0 Å². The quantitative estimate of drug-likeness (QED) is 0.865. The number of anilines is 1. The van der Waals surface area contributed by atoms with Gasteiger partial charge in [-0.3, -0.25) is 9.48 Å². The van der Waals surface area contributed by atoms with Crippen LogP contribution < -0.4 is 5.73 Å². The summed E-state index contributed by atoms with van der Waals surface area (Å²) in [5, 5.41) is 12.9. The zero-order chi connectivity index (χ0) is 14.6. The van der Waals surface area contributed by atoms with Gasteiger partial charge < -0.3 is 10.6 Å². The van der Waals surface area contributed by atoms with Crippen molar-refractivity contribution in [3.8, 4) is 6.07 Å².